The van der Waals surface area contributed by atoms with E-state index in [1.807, 2.05) is 0 Å². The lowest BCUT2D eigenvalue weighted by Crippen LogP contribution is -2.42. The fourth-order valence-electron chi connectivity index (χ4n) is 1.76. The SMILES string of the molecule is CN(C(=O)OC(C)(C)C)C(/C(N)=N/O)c1cccc(Cl)c1. The summed E-state index contributed by atoms with van der Waals surface area (Å²) < 4.78 is 5.29. The Balaban J connectivity index is 3.12. The lowest BCUT2D eigenvalue weighted by atomic mass is 10.1. The van der Waals surface area contributed by atoms with E-state index in [1.54, 1.807) is 45.0 Å². The largest absolute Gasteiger partial charge is 0.444 e. The van der Waals surface area contributed by atoms with Gasteiger partial charge in [-0.3, -0.25) is 4.90 Å². The molecular formula is C14H20ClN3O3. The summed E-state index contributed by atoms with van der Waals surface area (Å²) in [5, 5.41) is 12.4. The van der Waals surface area contributed by atoms with Crippen molar-refractivity contribution in [1.82, 2.24) is 4.90 Å². The van der Waals surface area contributed by atoms with Crippen LogP contribution in [0.15, 0.2) is 29.4 Å². The first-order valence-corrected chi connectivity index (χ1v) is 6.72. The first-order valence-electron chi connectivity index (χ1n) is 6.34. The second-order valence-corrected chi connectivity index (χ2v) is 6.01. The van der Waals surface area contributed by atoms with E-state index >= 15 is 0 Å². The van der Waals surface area contributed by atoms with E-state index in [0.717, 1.165) is 0 Å². The van der Waals surface area contributed by atoms with Crippen LogP contribution >= 0.6 is 11.6 Å². The maximum atomic E-state index is 12.2. The maximum Gasteiger partial charge on any atom is 0.410 e. The number of halogens is 1. The summed E-state index contributed by atoms with van der Waals surface area (Å²) in [6.07, 6.45) is -0.584. The van der Waals surface area contributed by atoms with Gasteiger partial charge in [0.15, 0.2) is 5.84 Å². The number of carbonyl (C=O) groups excluding carboxylic acids is 1. The number of nitrogens with zero attached hydrogens (tertiary/aromatic N) is 2. The fraction of sp³-hybridized carbons (Fsp3) is 0.429. The van der Waals surface area contributed by atoms with Crippen LogP contribution in [0.2, 0.25) is 5.02 Å². The molecule has 0 fully saturated rings. The molecule has 0 bridgehead atoms. The molecule has 0 heterocycles. The Bertz CT molecular complexity index is 541. The van der Waals surface area contributed by atoms with Crippen LogP contribution in [-0.4, -0.2) is 34.7 Å². The quantitative estimate of drug-likeness (QED) is 0.388. The van der Waals surface area contributed by atoms with Crippen LogP contribution in [0.1, 0.15) is 32.4 Å². The third kappa shape index (κ3) is 4.82. The highest BCUT2D eigenvalue weighted by Crippen LogP contribution is 2.24. The number of amidine groups is 1. The van der Waals surface area contributed by atoms with Crippen molar-refractivity contribution in [3.05, 3.63) is 34.9 Å². The molecule has 1 aromatic carbocycles. The van der Waals surface area contributed by atoms with Gasteiger partial charge in [0.25, 0.3) is 0 Å². The molecule has 7 heteroatoms. The number of rotatable bonds is 3. The molecule has 0 radical (unpaired) electrons. The molecule has 0 saturated heterocycles. The van der Waals surface area contributed by atoms with E-state index in [0.29, 0.717) is 10.6 Å². The van der Waals surface area contributed by atoms with E-state index < -0.39 is 17.7 Å². The van der Waals surface area contributed by atoms with Gasteiger partial charge in [-0.1, -0.05) is 28.9 Å². The van der Waals surface area contributed by atoms with Crippen molar-refractivity contribution in [1.29, 1.82) is 0 Å². The number of amides is 1. The highest BCUT2D eigenvalue weighted by atomic mass is 35.5. The van der Waals surface area contributed by atoms with E-state index in [2.05, 4.69) is 5.16 Å². The normalized spacial score (nSPS) is 13.7. The molecule has 6 nitrogen and oxygen atoms in total. The molecule has 0 aliphatic heterocycles. The molecule has 3 N–H and O–H groups in total. The topological polar surface area (TPSA) is 88.2 Å². The maximum absolute atomic E-state index is 12.2. The number of nitrogens with two attached hydrogens (primary N) is 1. The van der Waals surface area contributed by atoms with E-state index in [9.17, 15) is 4.79 Å². The van der Waals surface area contributed by atoms with Crippen molar-refractivity contribution < 1.29 is 14.7 Å². The molecule has 0 aromatic heterocycles. The van der Waals surface area contributed by atoms with Crippen LogP contribution in [0.5, 0.6) is 0 Å². The summed E-state index contributed by atoms with van der Waals surface area (Å²) in [4.78, 5) is 13.4. The number of hydrogen-bond donors (Lipinski definition) is 2. The van der Waals surface area contributed by atoms with Gasteiger partial charge < -0.3 is 15.7 Å². The Morgan fingerprint density at radius 3 is 2.57 bits per heavy atom. The lowest BCUT2D eigenvalue weighted by molar-refractivity contribution is 0.0263. The molecule has 116 valence electrons. The predicted molar refractivity (Wildman–Crippen MR) is 81.6 cm³/mol. The number of oxime groups is 1. The number of ether oxygens (including phenoxy) is 1. The van der Waals surface area contributed by atoms with E-state index in [4.69, 9.17) is 27.3 Å². The molecule has 1 amide bonds. The second-order valence-electron chi connectivity index (χ2n) is 5.57. The minimum Gasteiger partial charge on any atom is -0.444 e. The van der Waals surface area contributed by atoms with Crippen molar-refractivity contribution in [2.75, 3.05) is 7.05 Å². The first-order chi connectivity index (χ1) is 9.65. The van der Waals surface area contributed by atoms with Crippen LogP contribution in [0.4, 0.5) is 4.79 Å². The average molecular weight is 314 g/mol. The molecule has 1 atom stereocenters. The first kappa shape index (κ1) is 17.1. The highest BCUT2D eigenvalue weighted by molar-refractivity contribution is 6.30. The molecule has 0 spiro atoms. The van der Waals surface area contributed by atoms with Crippen molar-refractivity contribution in [3.8, 4) is 0 Å². The Hall–Kier alpha value is -1.95. The van der Waals surface area contributed by atoms with E-state index in [-0.39, 0.29) is 5.84 Å². The smallest absolute Gasteiger partial charge is 0.410 e. The number of likely N-dealkylation sites (N-methyl/N-ethyl adjacent to an activating group) is 1. The standard InChI is InChI=1S/C14H20ClN3O3/c1-14(2,3)21-13(19)18(4)11(12(16)17-20)9-6-5-7-10(15)8-9/h5-8,11,20H,1-4H3,(H2,16,17). The molecule has 1 aromatic rings. The molecule has 0 aliphatic carbocycles. The Morgan fingerprint density at radius 1 is 1.48 bits per heavy atom. The molecule has 1 unspecified atom stereocenters. The lowest BCUT2D eigenvalue weighted by Gasteiger charge is -2.30. The Kier molecular flexibility index (Phi) is 5.43. The zero-order chi connectivity index (χ0) is 16.2. The minimum atomic E-state index is -0.774. The van der Waals surface area contributed by atoms with Crippen LogP contribution in [0.3, 0.4) is 0 Å². The van der Waals surface area contributed by atoms with Crippen LogP contribution in [0, 0.1) is 0 Å². The summed E-state index contributed by atoms with van der Waals surface area (Å²) in [5.74, 6) is -0.134. The van der Waals surface area contributed by atoms with Gasteiger partial charge in [-0.25, -0.2) is 4.79 Å². The fourth-order valence-corrected chi connectivity index (χ4v) is 1.96. The van der Waals surface area contributed by atoms with Crippen LogP contribution in [-0.2, 0) is 4.74 Å². The van der Waals surface area contributed by atoms with Gasteiger partial charge in [0, 0.05) is 12.1 Å². The third-order valence-corrected chi connectivity index (χ3v) is 2.86. The Morgan fingerprint density at radius 2 is 2.10 bits per heavy atom. The monoisotopic (exact) mass is 313 g/mol. The van der Waals surface area contributed by atoms with Crippen molar-refractivity contribution in [2.24, 2.45) is 10.9 Å². The highest BCUT2D eigenvalue weighted by Gasteiger charge is 2.29. The summed E-state index contributed by atoms with van der Waals surface area (Å²) in [5.41, 5.74) is 5.68. The zero-order valence-corrected chi connectivity index (χ0v) is 13.3. The van der Waals surface area contributed by atoms with Crippen LogP contribution in [0.25, 0.3) is 0 Å². The van der Waals surface area contributed by atoms with Gasteiger partial charge in [-0.15, -0.1) is 0 Å². The van der Waals surface area contributed by atoms with Gasteiger partial charge in [-0.05, 0) is 38.5 Å². The molecule has 0 aliphatic rings. The van der Waals surface area contributed by atoms with Crippen LogP contribution < -0.4 is 5.73 Å². The molecule has 21 heavy (non-hydrogen) atoms. The minimum absolute atomic E-state index is 0.134. The summed E-state index contributed by atoms with van der Waals surface area (Å²) in [7, 11) is 1.51. The number of carbonyl (C=O) groups is 1. The summed E-state index contributed by atoms with van der Waals surface area (Å²) >= 11 is 5.95. The van der Waals surface area contributed by atoms with Gasteiger partial charge in [0.2, 0.25) is 0 Å². The molecule has 1 rings (SSSR count). The van der Waals surface area contributed by atoms with Crippen molar-refractivity contribution >= 4 is 23.5 Å². The van der Waals surface area contributed by atoms with Gasteiger partial charge in [-0.2, -0.15) is 0 Å². The molecular weight excluding hydrogens is 294 g/mol. The van der Waals surface area contributed by atoms with Gasteiger partial charge in [0.05, 0.1) is 0 Å². The average Bonchev–Trinajstić information content (AvgIpc) is 2.36. The molecule has 0 saturated carbocycles. The second kappa shape index (κ2) is 6.67. The predicted octanol–water partition coefficient (Wildman–Crippen LogP) is 2.99. The van der Waals surface area contributed by atoms with Crippen molar-refractivity contribution in [3.63, 3.8) is 0 Å². The number of hydrogen-bond acceptors (Lipinski definition) is 4. The third-order valence-electron chi connectivity index (χ3n) is 2.63. The van der Waals surface area contributed by atoms with Crippen molar-refractivity contribution in [2.45, 2.75) is 32.4 Å². The summed E-state index contributed by atoms with van der Waals surface area (Å²) in [6.45, 7) is 5.28. The summed E-state index contributed by atoms with van der Waals surface area (Å²) in [6, 6.07) is 6.02. The Labute approximate surface area is 129 Å². The van der Waals surface area contributed by atoms with Gasteiger partial charge in [0.1, 0.15) is 11.6 Å². The number of benzene rings is 1. The zero-order valence-electron chi connectivity index (χ0n) is 12.5. The van der Waals surface area contributed by atoms with Gasteiger partial charge >= 0.3 is 6.09 Å². The van der Waals surface area contributed by atoms with E-state index in [1.165, 1.54) is 11.9 Å².